The minimum absolute atomic E-state index is 0.0107. The zero-order chi connectivity index (χ0) is 18.5. The number of benzene rings is 1. The van der Waals surface area contributed by atoms with E-state index in [0.717, 1.165) is 12.8 Å². The first-order chi connectivity index (χ1) is 12.6. The van der Waals surface area contributed by atoms with Gasteiger partial charge >= 0.3 is 0 Å². The van der Waals surface area contributed by atoms with E-state index in [1.165, 1.54) is 6.07 Å². The summed E-state index contributed by atoms with van der Waals surface area (Å²) in [5.41, 5.74) is 0.618. The van der Waals surface area contributed by atoms with E-state index >= 15 is 0 Å². The second kappa shape index (κ2) is 8.49. The molecule has 0 radical (unpaired) electrons. The summed E-state index contributed by atoms with van der Waals surface area (Å²) in [4.78, 5) is 28.2. The highest BCUT2D eigenvalue weighted by Gasteiger charge is 2.35. The second-order valence-electron chi connectivity index (χ2n) is 6.95. The fourth-order valence-corrected chi connectivity index (χ4v) is 3.66. The van der Waals surface area contributed by atoms with Crippen LogP contribution in [-0.2, 0) is 14.3 Å². The number of ether oxygens (including phenoxy) is 1. The Kier molecular flexibility index (Phi) is 6.08. The number of halogens is 1. The minimum Gasteiger partial charge on any atom is -0.383 e. The van der Waals surface area contributed by atoms with Crippen LogP contribution < -0.4 is 10.2 Å². The van der Waals surface area contributed by atoms with Crippen molar-refractivity contribution in [2.75, 3.05) is 44.8 Å². The Morgan fingerprint density at radius 2 is 2.04 bits per heavy atom. The molecule has 0 spiro atoms. The van der Waals surface area contributed by atoms with Gasteiger partial charge in [-0.25, -0.2) is 4.39 Å². The lowest BCUT2D eigenvalue weighted by atomic mass is 10.0. The number of anilines is 1. The number of carbonyl (C=O) groups excluding carboxylic acids is 2. The zero-order valence-electron chi connectivity index (χ0n) is 15.1. The van der Waals surface area contributed by atoms with Crippen LogP contribution in [0.2, 0.25) is 0 Å². The Hall–Kier alpha value is -2.15. The quantitative estimate of drug-likeness (QED) is 0.830. The average Bonchev–Trinajstić information content (AvgIpc) is 3.02. The zero-order valence-corrected chi connectivity index (χ0v) is 15.1. The summed E-state index contributed by atoms with van der Waals surface area (Å²) in [6.45, 7) is 2.88. The lowest BCUT2D eigenvalue weighted by Crippen LogP contribution is -2.47. The molecule has 1 atom stereocenters. The molecule has 0 bridgehead atoms. The van der Waals surface area contributed by atoms with E-state index in [9.17, 15) is 14.0 Å². The number of nitrogens with one attached hydrogen (secondary N) is 1. The van der Waals surface area contributed by atoms with E-state index in [4.69, 9.17) is 4.74 Å². The van der Waals surface area contributed by atoms with E-state index in [-0.39, 0.29) is 36.0 Å². The number of rotatable bonds is 6. The molecule has 0 aliphatic carbocycles. The standard InChI is InChI=1S/C19H26FN3O3/c1-26-11-10-23-13-14(12-18(23)24)19(25)21-15-6-8-22(9-7-15)17-5-3-2-4-16(17)20/h2-5,14-15H,6-13H2,1H3,(H,21,25). The van der Waals surface area contributed by atoms with E-state index < -0.39 is 0 Å². The highest BCUT2D eigenvalue weighted by atomic mass is 19.1. The summed E-state index contributed by atoms with van der Waals surface area (Å²) in [5.74, 6) is -0.543. The molecule has 2 saturated heterocycles. The molecule has 1 aromatic rings. The van der Waals surface area contributed by atoms with E-state index in [2.05, 4.69) is 5.32 Å². The number of para-hydroxylation sites is 1. The van der Waals surface area contributed by atoms with Crippen LogP contribution in [0.3, 0.4) is 0 Å². The van der Waals surface area contributed by atoms with Gasteiger partial charge in [0.25, 0.3) is 0 Å². The van der Waals surface area contributed by atoms with Crippen molar-refractivity contribution in [2.45, 2.75) is 25.3 Å². The van der Waals surface area contributed by atoms with Crippen molar-refractivity contribution in [1.29, 1.82) is 0 Å². The molecule has 6 nitrogen and oxygen atoms in total. The van der Waals surface area contributed by atoms with Gasteiger partial charge in [0.05, 0.1) is 18.2 Å². The van der Waals surface area contributed by atoms with Gasteiger partial charge in [0.1, 0.15) is 5.82 Å². The molecule has 0 aromatic heterocycles. The largest absolute Gasteiger partial charge is 0.383 e. The van der Waals surface area contributed by atoms with E-state index in [1.54, 1.807) is 24.1 Å². The van der Waals surface area contributed by atoms with Gasteiger partial charge in [0.2, 0.25) is 11.8 Å². The van der Waals surface area contributed by atoms with Crippen LogP contribution in [0, 0.1) is 11.7 Å². The molecule has 142 valence electrons. The summed E-state index contributed by atoms with van der Waals surface area (Å²) in [6, 6.07) is 6.85. The second-order valence-corrected chi connectivity index (χ2v) is 6.95. The van der Waals surface area contributed by atoms with Crippen LogP contribution in [0.4, 0.5) is 10.1 Å². The van der Waals surface area contributed by atoms with Crippen molar-refractivity contribution < 1.29 is 18.7 Å². The van der Waals surface area contributed by atoms with E-state index in [0.29, 0.717) is 38.5 Å². The van der Waals surface area contributed by atoms with Gasteiger partial charge in [-0.3, -0.25) is 9.59 Å². The van der Waals surface area contributed by atoms with Crippen molar-refractivity contribution in [3.63, 3.8) is 0 Å². The number of hydrogen-bond donors (Lipinski definition) is 1. The molecule has 1 unspecified atom stereocenters. The molecular weight excluding hydrogens is 337 g/mol. The van der Waals surface area contributed by atoms with Crippen molar-refractivity contribution in [3.05, 3.63) is 30.1 Å². The Balaban J connectivity index is 1.47. The SMILES string of the molecule is COCCN1CC(C(=O)NC2CCN(c3ccccc3F)CC2)CC1=O. The molecule has 1 N–H and O–H groups in total. The first-order valence-corrected chi connectivity index (χ1v) is 9.15. The van der Waals surface area contributed by atoms with Crippen LogP contribution in [0.25, 0.3) is 0 Å². The molecule has 7 heteroatoms. The van der Waals surface area contributed by atoms with Gasteiger partial charge in [0.15, 0.2) is 0 Å². The van der Waals surface area contributed by atoms with Gasteiger partial charge in [-0.2, -0.15) is 0 Å². The van der Waals surface area contributed by atoms with Crippen molar-refractivity contribution in [1.82, 2.24) is 10.2 Å². The fourth-order valence-electron chi connectivity index (χ4n) is 3.66. The Morgan fingerprint density at radius 1 is 1.31 bits per heavy atom. The normalized spacial score (nSPS) is 21.3. The number of piperidine rings is 1. The average molecular weight is 363 g/mol. The summed E-state index contributed by atoms with van der Waals surface area (Å²) in [5, 5.41) is 3.08. The number of amides is 2. The number of nitrogens with zero attached hydrogens (tertiary/aromatic N) is 2. The maximum atomic E-state index is 13.9. The van der Waals surface area contributed by atoms with Crippen LogP contribution in [-0.4, -0.2) is 62.7 Å². The summed E-state index contributed by atoms with van der Waals surface area (Å²) in [6.07, 6.45) is 1.81. The lowest BCUT2D eigenvalue weighted by Gasteiger charge is -2.34. The Labute approximate surface area is 153 Å². The first kappa shape index (κ1) is 18.6. The summed E-state index contributed by atoms with van der Waals surface area (Å²) < 4.78 is 18.9. The van der Waals surface area contributed by atoms with Gasteiger partial charge in [-0.15, -0.1) is 0 Å². The van der Waals surface area contributed by atoms with Crippen molar-refractivity contribution >= 4 is 17.5 Å². The Bertz CT molecular complexity index is 647. The number of carbonyl (C=O) groups is 2. The third kappa shape index (κ3) is 4.33. The van der Waals surface area contributed by atoms with E-state index in [1.807, 2.05) is 11.0 Å². The number of methoxy groups -OCH3 is 1. The molecule has 2 fully saturated rings. The van der Waals surface area contributed by atoms with Crippen LogP contribution in [0.15, 0.2) is 24.3 Å². The predicted octanol–water partition coefficient (Wildman–Crippen LogP) is 1.41. The number of hydrogen-bond acceptors (Lipinski definition) is 4. The molecule has 26 heavy (non-hydrogen) atoms. The van der Waals surface area contributed by atoms with Crippen molar-refractivity contribution in [2.24, 2.45) is 5.92 Å². The smallest absolute Gasteiger partial charge is 0.225 e. The predicted molar refractivity (Wildman–Crippen MR) is 96.3 cm³/mol. The van der Waals surface area contributed by atoms with Gasteiger partial charge in [-0.05, 0) is 25.0 Å². The number of likely N-dealkylation sites (tertiary alicyclic amines) is 1. The monoisotopic (exact) mass is 363 g/mol. The van der Waals surface area contributed by atoms with Crippen molar-refractivity contribution in [3.8, 4) is 0 Å². The van der Waals surface area contributed by atoms with Gasteiger partial charge in [-0.1, -0.05) is 12.1 Å². The fraction of sp³-hybridized carbons (Fsp3) is 0.579. The van der Waals surface area contributed by atoms with Crippen LogP contribution >= 0.6 is 0 Å². The highest BCUT2D eigenvalue weighted by molar-refractivity contribution is 5.89. The first-order valence-electron chi connectivity index (χ1n) is 9.15. The maximum Gasteiger partial charge on any atom is 0.225 e. The van der Waals surface area contributed by atoms with Crippen LogP contribution in [0.1, 0.15) is 19.3 Å². The summed E-state index contributed by atoms with van der Waals surface area (Å²) >= 11 is 0. The molecule has 2 heterocycles. The summed E-state index contributed by atoms with van der Waals surface area (Å²) in [7, 11) is 1.60. The highest BCUT2D eigenvalue weighted by Crippen LogP contribution is 2.24. The lowest BCUT2D eigenvalue weighted by molar-refractivity contribution is -0.129. The van der Waals surface area contributed by atoms with Crippen LogP contribution in [0.5, 0.6) is 0 Å². The molecule has 2 aliphatic rings. The third-order valence-corrected chi connectivity index (χ3v) is 5.19. The topological polar surface area (TPSA) is 61.9 Å². The maximum absolute atomic E-state index is 13.9. The van der Waals surface area contributed by atoms with Gasteiger partial charge < -0.3 is 19.9 Å². The molecule has 0 saturated carbocycles. The molecule has 1 aromatic carbocycles. The minimum atomic E-state index is -0.288. The molecular formula is C19H26FN3O3. The van der Waals surface area contributed by atoms with Gasteiger partial charge in [0, 0.05) is 45.8 Å². The molecule has 3 rings (SSSR count). The molecule has 2 amide bonds. The third-order valence-electron chi connectivity index (χ3n) is 5.19. The Morgan fingerprint density at radius 3 is 2.73 bits per heavy atom. The molecule has 2 aliphatic heterocycles.